The summed E-state index contributed by atoms with van der Waals surface area (Å²) in [4.78, 5) is 56.6. The van der Waals surface area contributed by atoms with Gasteiger partial charge in [0, 0.05) is 38.5 Å². The van der Waals surface area contributed by atoms with Crippen LogP contribution in [0.25, 0.3) is 5.57 Å². The average molecular weight is 526 g/mol. The van der Waals surface area contributed by atoms with Crippen molar-refractivity contribution < 1.29 is 28.7 Å². The van der Waals surface area contributed by atoms with Crippen molar-refractivity contribution in [3.8, 4) is 0 Å². The van der Waals surface area contributed by atoms with Crippen molar-refractivity contribution in [2.75, 3.05) is 24.5 Å². The fraction of sp³-hybridized carbons (Fsp3) is 0.360. The SMILES string of the molecule is CC(=O)NC[C@H]1CN(c2ccc(C3=C[C@@H](C(OC(C)=O)(Sc4ncccn4)C(C)=O)NC3)cc2)C(=O)O1. The normalized spacial score (nSPS) is 20.6. The van der Waals surface area contributed by atoms with Crippen molar-refractivity contribution in [3.05, 3.63) is 54.4 Å². The predicted molar refractivity (Wildman–Crippen MR) is 136 cm³/mol. The number of nitrogens with zero attached hydrogens (tertiary/aromatic N) is 3. The molecule has 0 bridgehead atoms. The number of benzene rings is 1. The highest BCUT2D eigenvalue weighted by atomic mass is 32.2. The van der Waals surface area contributed by atoms with Crippen LogP contribution in [0.1, 0.15) is 26.3 Å². The lowest BCUT2D eigenvalue weighted by molar-refractivity contribution is -0.156. The number of rotatable bonds is 9. The van der Waals surface area contributed by atoms with E-state index in [-0.39, 0.29) is 18.2 Å². The molecule has 2 N–H and O–H groups in total. The molecule has 0 spiro atoms. The molecule has 194 valence electrons. The standard InChI is InChI=1S/C25H27N5O6S/c1-15(31)25(36-17(3)33,37-23-26-9-4-10-27-23)22-11-19(12-29-22)18-5-7-20(8-6-18)30-14-21(35-24(30)34)13-28-16(2)32/h4-11,21-22,29H,12-14H2,1-3H3,(H,28,32)/t21-,22-,25?/m0/s1. The first-order chi connectivity index (χ1) is 17.7. The highest BCUT2D eigenvalue weighted by Gasteiger charge is 2.49. The molecule has 2 aliphatic heterocycles. The number of nitrogens with one attached hydrogen (secondary N) is 2. The molecule has 0 radical (unpaired) electrons. The molecule has 12 heteroatoms. The number of hydrogen-bond acceptors (Lipinski definition) is 10. The highest BCUT2D eigenvalue weighted by Crippen LogP contribution is 2.39. The lowest BCUT2D eigenvalue weighted by Gasteiger charge is -2.33. The van der Waals surface area contributed by atoms with Gasteiger partial charge in [0.05, 0.1) is 19.1 Å². The number of thioether (sulfide) groups is 1. The summed E-state index contributed by atoms with van der Waals surface area (Å²) in [6.07, 6.45) is 4.07. The second-order valence-corrected chi connectivity index (χ2v) is 9.78. The van der Waals surface area contributed by atoms with Gasteiger partial charge in [0.2, 0.25) is 10.8 Å². The topological polar surface area (TPSA) is 140 Å². The molecule has 11 nitrogen and oxygen atoms in total. The van der Waals surface area contributed by atoms with E-state index in [0.29, 0.717) is 23.9 Å². The fourth-order valence-electron chi connectivity index (χ4n) is 4.13. The molecule has 1 fully saturated rings. The van der Waals surface area contributed by atoms with E-state index in [1.54, 1.807) is 18.5 Å². The summed E-state index contributed by atoms with van der Waals surface area (Å²) < 4.78 is 10.9. The maximum atomic E-state index is 12.9. The summed E-state index contributed by atoms with van der Waals surface area (Å²) >= 11 is 0.986. The molecular weight excluding hydrogens is 498 g/mol. The zero-order valence-electron chi connectivity index (χ0n) is 20.6. The minimum Gasteiger partial charge on any atom is -0.442 e. The molecule has 2 aromatic rings. The molecule has 0 saturated carbocycles. The third kappa shape index (κ3) is 5.97. The van der Waals surface area contributed by atoms with Crippen molar-refractivity contribution >= 4 is 46.8 Å². The maximum absolute atomic E-state index is 12.9. The number of carbonyl (C=O) groups excluding carboxylic acids is 4. The molecule has 1 saturated heterocycles. The largest absolute Gasteiger partial charge is 0.442 e. The average Bonchev–Trinajstić information content (AvgIpc) is 3.50. The second kappa shape index (κ2) is 11.1. The smallest absolute Gasteiger partial charge is 0.414 e. The molecule has 3 atom stereocenters. The molecule has 1 aromatic heterocycles. The van der Waals surface area contributed by atoms with Crippen molar-refractivity contribution in [3.63, 3.8) is 0 Å². The number of amides is 2. The Labute approximate surface area is 218 Å². The highest BCUT2D eigenvalue weighted by molar-refractivity contribution is 8.01. The molecule has 4 rings (SSSR count). The van der Waals surface area contributed by atoms with Gasteiger partial charge in [0.25, 0.3) is 0 Å². The van der Waals surface area contributed by atoms with Crippen LogP contribution < -0.4 is 15.5 Å². The Balaban J connectivity index is 1.53. The van der Waals surface area contributed by atoms with Crippen LogP contribution in [0.15, 0.2) is 54.0 Å². The van der Waals surface area contributed by atoms with E-state index >= 15 is 0 Å². The third-order valence-corrected chi connectivity index (χ3v) is 7.18. The van der Waals surface area contributed by atoms with E-state index in [4.69, 9.17) is 9.47 Å². The third-order valence-electron chi connectivity index (χ3n) is 5.86. The molecule has 2 amide bonds. The molecule has 0 aliphatic carbocycles. The molecule has 1 aromatic carbocycles. The summed E-state index contributed by atoms with van der Waals surface area (Å²) in [6, 6.07) is 8.39. The predicted octanol–water partition coefficient (Wildman–Crippen LogP) is 1.93. The molecular formula is C25H27N5O6S. The number of hydrogen-bond donors (Lipinski definition) is 2. The molecule has 37 heavy (non-hydrogen) atoms. The number of esters is 1. The zero-order chi connectivity index (χ0) is 26.6. The Hall–Kier alpha value is -3.77. The van der Waals surface area contributed by atoms with Crippen LogP contribution in [-0.4, -0.2) is 70.4 Å². The summed E-state index contributed by atoms with van der Waals surface area (Å²) in [5, 5.41) is 6.23. The van der Waals surface area contributed by atoms with Gasteiger partial charge in [-0.2, -0.15) is 0 Å². The van der Waals surface area contributed by atoms with Crippen LogP contribution in [0.3, 0.4) is 0 Å². The Bertz CT molecular complexity index is 1220. The molecule has 2 aliphatic rings. The number of carbonyl (C=O) groups is 4. The molecule has 1 unspecified atom stereocenters. The summed E-state index contributed by atoms with van der Waals surface area (Å²) in [6.45, 7) is 5.04. The number of Topliss-reactive ketones (excluding diaryl/α,β-unsaturated/α-hetero) is 1. The van der Waals surface area contributed by atoms with Gasteiger partial charge in [-0.1, -0.05) is 18.2 Å². The van der Waals surface area contributed by atoms with Crippen LogP contribution in [-0.2, 0) is 23.9 Å². The van der Waals surface area contributed by atoms with Crippen LogP contribution in [0.4, 0.5) is 10.5 Å². The Morgan fingerprint density at radius 2 is 1.89 bits per heavy atom. The molecule has 3 heterocycles. The lowest BCUT2D eigenvalue weighted by atomic mass is 10.0. The van der Waals surface area contributed by atoms with Gasteiger partial charge < -0.3 is 20.1 Å². The van der Waals surface area contributed by atoms with E-state index in [1.165, 1.54) is 25.7 Å². The first-order valence-electron chi connectivity index (χ1n) is 11.6. The van der Waals surface area contributed by atoms with E-state index in [9.17, 15) is 19.2 Å². The first kappa shape index (κ1) is 26.3. The van der Waals surface area contributed by atoms with Crippen molar-refractivity contribution in [2.24, 2.45) is 0 Å². The van der Waals surface area contributed by atoms with Crippen molar-refractivity contribution in [1.29, 1.82) is 0 Å². The van der Waals surface area contributed by atoms with Gasteiger partial charge in [-0.15, -0.1) is 0 Å². The van der Waals surface area contributed by atoms with Crippen LogP contribution in [0.5, 0.6) is 0 Å². The van der Waals surface area contributed by atoms with Crippen molar-refractivity contribution in [2.45, 2.75) is 43.0 Å². The van der Waals surface area contributed by atoms with Crippen LogP contribution in [0, 0.1) is 0 Å². The minimum atomic E-state index is -1.59. The first-order valence-corrected chi connectivity index (χ1v) is 12.4. The van der Waals surface area contributed by atoms with Gasteiger partial charge in [-0.05, 0) is 48.0 Å². The van der Waals surface area contributed by atoms with Gasteiger partial charge in [0.1, 0.15) is 6.10 Å². The number of cyclic esters (lactones) is 1. The van der Waals surface area contributed by atoms with Gasteiger partial charge in [-0.3, -0.25) is 19.3 Å². The fourth-order valence-corrected chi connectivity index (χ4v) is 5.21. The van der Waals surface area contributed by atoms with Gasteiger partial charge in [0.15, 0.2) is 10.9 Å². The van der Waals surface area contributed by atoms with E-state index < -0.39 is 29.1 Å². The Morgan fingerprint density at radius 3 is 2.51 bits per heavy atom. The zero-order valence-corrected chi connectivity index (χ0v) is 21.4. The van der Waals surface area contributed by atoms with Crippen LogP contribution >= 0.6 is 11.8 Å². The summed E-state index contributed by atoms with van der Waals surface area (Å²) in [5.74, 6) is -1.14. The van der Waals surface area contributed by atoms with Gasteiger partial charge in [-0.25, -0.2) is 14.8 Å². The summed E-state index contributed by atoms with van der Waals surface area (Å²) in [7, 11) is 0. The van der Waals surface area contributed by atoms with Crippen LogP contribution in [0.2, 0.25) is 0 Å². The Kier molecular flexibility index (Phi) is 7.89. The Morgan fingerprint density at radius 1 is 1.19 bits per heavy atom. The maximum Gasteiger partial charge on any atom is 0.414 e. The summed E-state index contributed by atoms with van der Waals surface area (Å²) in [5.41, 5.74) is 2.44. The van der Waals surface area contributed by atoms with E-state index in [1.807, 2.05) is 30.3 Å². The number of ketones is 1. The monoisotopic (exact) mass is 525 g/mol. The minimum absolute atomic E-state index is 0.187. The van der Waals surface area contributed by atoms with E-state index in [0.717, 1.165) is 22.9 Å². The number of aromatic nitrogens is 2. The quantitative estimate of drug-likeness (QED) is 0.216. The van der Waals surface area contributed by atoms with E-state index in [2.05, 4.69) is 20.6 Å². The van der Waals surface area contributed by atoms with Gasteiger partial charge >= 0.3 is 12.1 Å². The lowest BCUT2D eigenvalue weighted by Crippen LogP contribution is -2.53. The second-order valence-electron chi connectivity index (χ2n) is 8.60. The van der Waals surface area contributed by atoms with Crippen molar-refractivity contribution in [1.82, 2.24) is 20.6 Å². The number of ether oxygens (including phenoxy) is 2. The number of anilines is 1.